The van der Waals surface area contributed by atoms with Crippen molar-refractivity contribution in [2.24, 2.45) is 0 Å². The number of ether oxygens (including phenoxy) is 2. The number of hydrogen-bond donors (Lipinski definition) is 0. The maximum atomic E-state index is 12.7. The third kappa shape index (κ3) is 5.35. The summed E-state index contributed by atoms with van der Waals surface area (Å²) in [5, 5.41) is 0. The van der Waals surface area contributed by atoms with Gasteiger partial charge in [-0.25, -0.2) is 4.98 Å². The van der Waals surface area contributed by atoms with Crippen molar-refractivity contribution in [3.63, 3.8) is 0 Å². The summed E-state index contributed by atoms with van der Waals surface area (Å²) in [7, 11) is 0. The number of halogens is 3. The third-order valence-corrected chi connectivity index (χ3v) is 5.80. The van der Waals surface area contributed by atoms with Crippen molar-refractivity contribution in [3.05, 3.63) is 76.0 Å². The molecule has 0 aliphatic carbocycles. The number of para-hydroxylation sites is 2. The van der Waals surface area contributed by atoms with Crippen molar-refractivity contribution < 1.29 is 22.6 Å². The predicted octanol–water partition coefficient (Wildman–Crippen LogP) is 5.10. The highest BCUT2D eigenvalue weighted by Gasteiger charge is 2.33. The van der Waals surface area contributed by atoms with Gasteiger partial charge in [0.25, 0.3) is 5.56 Å². The maximum absolute atomic E-state index is 12.7. The molecule has 0 amide bonds. The van der Waals surface area contributed by atoms with Gasteiger partial charge >= 0.3 is 6.36 Å². The van der Waals surface area contributed by atoms with Gasteiger partial charge < -0.3 is 14.4 Å². The second kappa shape index (κ2) is 9.40. The summed E-state index contributed by atoms with van der Waals surface area (Å²) < 4.78 is 49.5. The van der Waals surface area contributed by atoms with Gasteiger partial charge in [0, 0.05) is 43.4 Å². The zero-order valence-corrected chi connectivity index (χ0v) is 19.2. The monoisotopic (exact) mass is 473 g/mol. The Labute approximate surface area is 195 Å². The number of anilines is 1. The molecule has 0 saturated carbocycles. The minimum atomic E-state index is -4.77. The topological polar surface area (TPSA) is 56.6 Å². The van der Waals surface area contributed by atoms with E-state index in [2.05, 4.69) is 14.6 Å². The summed E-state index contributed by atoms with van der Waals surface area (Å²) in [4.78, 5) is 19.1. The number of piperidine rings is 1. The van der Waals surface area contributed by atoms with Crippen LogP contribution in [0.1, 0.15) is 29.9 Å². The SMILES string of the molecule is Cc1cc(=O)n(-c2ccc(N3CCC(Oc4ccccc4OC(F)(F)F)CC3)c(C)c2)c(C)n1. The van der Waals surface area contributed by atoms with Crippen LogP contribution in [0.25, 0.3) is 5.69 Å². The molecule has 6 nitrogen and oxygen atoms in total. The highest BCUT2D eigenvalue weighted by atomic mass is 19.4. The molecule has 1 aromatic heterocycles. The minimum Gasteiger partial charge on any atom is -0.486 e. The molecule has 34 heavy (non-hydrogen) atoms. The van der Waals surface area contributed by atoms with Crippen LogP contribution < -0.4 is 19.9 Å². The molecule has 2 aromatic carbocycles. The Kier molecular flexibility index (Phi) is 6.54. The zero-order valence-electron chi connectivity index (χ0n) is 19.2. The standard InChI is InChI=1S/C25H26F3N3O3/c1-16-14-19(31-18(3)29-17(2)15-24(31)32)8-9-21(16)30-12-10-20(11-13-30)33-22-6-4-5-7-23(22)34-25(26,27)28/h4-9,14-15,20H,10-13H2,1-3H3. The number of nitrogens with zero attached hydrogens (tertiary/aromatic N) is 3. The average Bonchev–Trinajstić information content (AvgIpc) is 2.74. The highest BCUT2D eigenvalue weighted by molar-refractivity contribution is 5.58. The van der Waals surface area contributed by atoms with E-state index in [0.29, 0.717) is 37.4 Å². The fourth-order valence-corrected chi connectivity index (χ4v) is 4.34. The summed E-state index contributed by atoms with van der Waals surface area (Å²) in [6, 6.07) is 13.2. The van der Waals surface area contributed by atoms with E-state index in [4.69, 9.17) is 4.74 Å². The predicted molar refractivity (Wildman–Crippen MR) is 123 cm³/mol. The Morgan fingerprint density at radius 1 is 0.971 bits per heavy atom. The summed E-state index contributed by atoms with van der Waals surface area (Å²) in [6.07, 6.45) is -3.68. The highest BCUT2D eigenvalue weighted by Crippen LogP contribution is 2.34. The number of hydrogen-bond acceptors (Lipinski definition) is 5. The van der Waals surface area contributed by atoms with E-state index in [1.54, 1.807) is 24.5 Å². The molecule has 0 N–H and O–H groups in total. The Morgan fingerprint density at radius 3 is 2.26 bits per heavy atom. The first kappa shape index (κ1) is 23.7. The van der Waals surface area contributed by atoms with Crippen molar-refractivity contribution in [2.75, 3.05) is 18.0 Å². The first-order chi connectivity index (χ1) is 16.1. The van der Waals surface area contributed by atoms with Crippen LogP contribution in [0.5, 0.6) is 11.5 Å². The molecule has 4 rings (SSSR count). The third-order valence-electron chi connectivity index (χ3n) is 5.80. The molecule has 0 spiro atoms. The largest absolute Gasteiger partial charge is 0.573 e. The second-order valence-corrected chi connectivity index (χ2v) is 8.39. The lowest BCUT2D eigenvalue weighted by Crippen LogP contribution is -2.38. The normalized spacial score (nSPS) is 14.8. The van der Waals surface area contributed by atoms with Crippen LogP contribution >= 0.6 is 0 Å². The molecule has 9 heteroatoms. The van der Waals surface area contributed by atoms with Gasteiger partial charge in [-0.05, 0) is 56.7 Å². The number of rotatable bonds is 5. The van der Waals surface area contributed by atoms with Crippen molar-refractivity contribution in [3.8, 4) is 17.2 Å². The van der Waals surface area contributed by atoms with E-state index >= 15 is 0 Å². The second-order valence-electron chi connectivity index (χ2n) is 8.39. The molecule has 1 saturated heterocycles. The zero-order chi connectivity index (χ0) is 24.5. The fourth-order valence-electron chi connectivity index (χ4n) is 4.34. The molecule has 0 bridgehead atoms. The van der Waals surface area contributed by atoms with Crippen molar-refractivity contribution >= 4 is 5.69 Å². The molecular weight excluding hydrogens is 447 g/mol. The van der Waals surface area contributed by atoms with E-state index in [0.717, 1.165) is 16.9 Å². The molecular formula is C25H26F3N3O3. The Bertz CT molecular complexity index is 1230. The number of benzene rings is 2. The summed E-state index contributed by atoms with van der Waals surface area (Å²) in [5.74, 6) is 0.385. The lowest BCUT2D eigenvalue weighted by Gasteiger charge is -2.35. The molecule has 0 atom stereocenters. The van der Waals surface area contributed by atoms with Crippen molar-refractivity contribution in [2.45, 2.75) is 46.1 Å². The van der Waals surface area contributed by atoms with Crippen LogP contribution in [-0.2, 0) is 0 Å². The lowest BCUT2D eigenvalue weighted by atomic mass is 10.0. The molecule has 0 radical (unpaired) electrons. The van der Waals surface area contributed by atoms with Gasteiger partial charge in [0.2, 0.25) is 0 Å². The maximum Gasteiger partial charge on any atom is 0.573 e. The first-order valence-corrected chi connectivity index (χ1v) is 11.1. The van der Waals surface area contributed by atoms with Gasteiger partial charge in [-0.15, -0.1) is 13.2 Å². The molecule has 1 aliphatic rings. The molecule has 180 valence electrons. The lowest BCUT2D eigenvalue weighted by molar-refractivity contribution is -0.275. The first-order valence-electron chi connectivity index (χ1n) is 11.1. The number of aryl methyl sites for hydroxylation is 3. The molecule has 0 unspecified atom stereocenters. The van der Waals surface area contributed by atoms with Gasteiger partial charge in [-0.2, -0.15) is 0 Å². The van der Waals surface area contributed by atoms with E-state index in [9.17, 15) is 18.0 Å². The van der Waals surface area contributed by atoms with Crippen LogP contribution in [0.3, 0.4) is 0 Å². The van der Waals surface area contributed by atoms with Gasteiger partial charge in [-0.1, -0.05) is 12.1 Å². The molecule has 1 fully saturated rings. The average molecular weight is 473 g/mol. The van der Waals surface area contributed by atoms with E-state index < -0.39 is 6.36 Å². The smallest absolute Gasteiger partial charge is 0.486 e. The number of alkyl halides is 3. The van der Waals surface area contributed by atoms with Crippen LogP contribution in [0.4, 0.5) is 18.9 Å². The fraction of sp³-hybridized carbons (Fsp3) is 0.360. The van der Waals surface area contributed by atoms with Crippen LogP contribution in [0, 0.1) is 20.8 Å². The molecule has 2 heterocycles. The molecule has 1 aliphatic heterocycles. The summed E-state index contributed by atoms with van der Waals surface area (Å²) >= 11 is 0. The van der Waals surface area contributed by atoms with Gasteiger partial charge in [0.05, 0.1) is 5.69 Å². The number of aromatic nitrogens is 2. The van der Waals surface area contributed by atoms with E-state index in [1.807, 2.05) is 25.1 Å². The van der Waals surface area contributed by atoms with Crippen molar-refractivity contribution in [1.82, 2.24) is 9.55 Å². The van der Waals surface area contributed by atoms with Crippen LogP contribution in [-0.4, -0.2) is 35.1 Å². The summed E-state index contributed by atoms with van der Waals surface area (Å²) in [5.41, 5.74) is 3.40. The quantitative estimate of drug-likeness (QED) is 0.516. The Balaban J connectivity index is 1.44. The van der Waals surface area contributed by atoms with Gasteiger partial charge in [-0.3, -0.25) is 9.36 Å². The van der Waals surface area contributed by atoms with Gasteiger partial charge in [0.1, 0.15) is 11.9 Å². The van der Waals surface area contributed by atoms with E-state index in [-0.39, 0.29) is 23.2 Å². The Morgan fingerprint density at radius 2 is 1.65 bits per heavy atom. The molecule has 3 aromatic rings. The van der Waals surface area contributed by atoms with Gasteiger partial charge in [0.15, 0.2) is 11.5 Å². The van der Waals surface area contributed by atoms with Crippen molar-refractivity contribution in [1.29, 1.82) is 0 Å². The van der Waals surface area contributed by atoms with Crippen LogP contribution in [0.15, 0.2) is 53.3 Å². The van der Waals surface area contributed by atoms with E-state index in [1.165, 1.54) is 24.3 Å². The van der Waals surface area contributed by atoms with Crippen LogP contribution in [0.2, 0.25) is 0 Å². The minimum absolute atomic E-state index is 0.0892. The summed E-state index contributed by atoms with van der Waals surface area (Å²) in [6.45, 7) is 6.98. The Hall–Kier alpha value is -3.49.